The fourth-order valence-corrected chi connectivity index (χ4v) is 4.83. The van der Waals surface area contributed by atoms with Crippen molar-refractivity contribution in [3.63, 3.8) is 0 Å². The molecule has 0 aromatic heterocycles. The maximum Gasteiger partial charge on any atom is 0.417 e. The molecular weight excluding hydrogens is 476 g/mol. The number of carbonyl (C=O) groups excluding carboxylic acids is 1. The summed E-state index contributed by atoms with van der Waals surface area (Å²) in [7, 11) is 0. The molecule has 0 unspecified atom stereocenters. The summed E-state index contributed by atoms with van der Waals surface area (Å²) in [6.07, 6.45) is 1.18. The van der Waals surface area contributed by atoms with E-state index in [1.54, 1.807) is 0 Å². The van der Waals surface area contributed by atoms with Crippen LogP contribution in [0.4, 0.5) is 27.5 Å². The van der Waals surface area contributed by atoms with E-state index in [1.807, 2.05) is 45.0 Å². The molecule has 8 heteroatoms. The molecule has 0 aliphatic carbocycles. The van der Waals surface area contributed by atoms with Gasteiger partial charge in [-0.15, -0.1) is 0 Å². The molecule has 0 fully saturated rings. The Balaban J connectivity index is 1.15. The van der Waals surface area contributed by atoms with Gasteiger partial charge in [0.25, 0.3) is 0 Å². The number of anilines is 2. The third-order valence-electron chi connectivity index (χ3n) is 6.68. The van der Waals surface area contributed by atoms with Crippen LogP contribution in [-0.2, 0) is 17.6 Å². The predicted octanol–water partition coefficient (Wildman–Crippen LogP) is 5.64. The zero-order chi connectivity index (χ0) is 26.4. The number of rotatable bonds is 3. The van der Waals surface area contributed by atoms with Crippen LogP contribution in [0.3, 0.4) is 0 Å². The van der Waals surface area contributed by atoms with Crippen molar-refractivity contribution in [1.82, 2.24) is 4.90 Å². The molecule has 38 heavy (non-hydrogen) atoms. The number of guanidine groups is 1. The maximum atomic E-state index is 12.6. The second-order valence-corrected chi connectivity index (χ2v) is 10.7. The van der Waals surface area contributed by atoms with Crippen LogP contribution in [0.15, 0.2) is 75.6 Å². The molecule has 3 aromatic carbocycles. The first-order valence-electron chi connectivity index (χ1n) is 12.8. The van der Waals surface area contributed by atoms with Crippen molar-refractivity contribution in [2.24, 2.45) is 15.0 Å². The SMILES string of the molecule is CC(C)(C)OC(=O)N1CCN=C1Nc1ccc2c(c1)N=C(c1ccc(C3=Nc4cc(N)ccc4C3)cc1)C2. The van der Waals surface area contributed by atoms with Gasteiger partial charge in [0.2, 0.25) is 5.96 Å². The smallest absolute Gasteiger partial charge is 0.417 e. The van der Waals surface area contributed by atoms with E-state index >= 15 is 0 Å². The van der Waals surface area contributed by atoms with Gasteiger partial charge < -0.3 is 15.8 Å². The normalized spacial score (nSPS) is 16.0. The molecule has 0 atom stereocenters. The monoisotopic (exact) mass is 506 g/mol. The molecular formula is C30H30N6O2. The van der Waals surface area contributed by atoms with E-state index < -0.39 is 11.7 Å². The predicted molar refractivity (Wildman–Crippen MR) is 152 cm³/mol. The molecule has 3 aromatic rings. The van der Waals surface area contributed by atoms with Gasteiger partial charge in [-0.3, -0.25) is 15.0 Å². The highest BCUT2D eigenvalue weighted by atomic mass is 16.6. The quantitative estimate of drug-likeness (QED) is 0.449. The zero-order valence-electron chi connectivity index (χ0n) is 21.8. The van der Waals surface area contributed by atoms with Crippen molar-refractivity contribution >= 4 is 46.2 Å². The van der Waals surface area contributed by atoms with E-state index in [0.717, 1.165) is 58.1 Å². The number of ether oxygens (including phenoxy) is 1. The first-order chi connectivity index (χ1) is 18.2. The Morgan fingerprint density at radius 3 is 2.13 bits per heavy atom. The average Bonchev–Trinajstić information content (AvgIpc) is 3.60. The number of nitrogens with two attached hydrogens (primary N) is 1. The summed E-state index contributed by atoms with van der Waals surface area (Å²) in [5, 5.41) is 3.28. The summed E-state index contributed by atoms with van der Waals surface area (Å²) in [6.45, 7) is 6.60. The molecule has 192 valence electrons. The van der Waals surface area contributed by atoms with Crippen LogP contribution >= 0.6 is 0 Å². The lowest BCUT2D eigenvalue weighted by Gasteiger charge is -2.25. The molecule has 0 saturated carbocycles. The summed E-state index contributed by atoms with van der Waals surface area (Å²) in [5.41, 5.74) is 15.5. The highest BCUT2D eigenvalue weighted by molar-refractivity contribution is 6.10. The van der Waals surface area contributed by atoms with Crippen LogP contribution in [-0.4, -0.2) is 47.1 Å². The van der Waals surface area contributed by atoms with E-state index in [2.05, 4.69) is 46.7 Å². The Morgan fingerprint density at radius 2 is 1.50 bits per heavy atom. The van der Waals surface area contributed by atoms with Crippen LogP contribution in [0.2, 0.25) is 0 Å². The molecule has 3 aliphatic heterocycles. The topological polar surface area (TPSA) is 105 Å². The number of nitrogen functional groups attached to an aromatic ring is 1. The number of amides is 1. The van der Waals surface area contributed by atoms with Crippen LogP contribution in [0, 0.1) is 0 Å². The highest BCUT2D eigenvalue weighted by Crippen LogP contribution is 2.33. The molecule has 3 aliphatic rings. The van der Waals surface area contributed by atoms with Crippen molar-refractivity contribution in [2.45, 2.75) is 39.2 Å². The number of carbonyl (C=O) groups is 1. The Labute approximate surface area is 222 Å². The van der Waals surface area contributed by atoms with Gasteiger partial charge in [-0.1, -0.05) is 36.4 Å². The molecule has 0 spiro atoms. The molecule has 3 N–H and O–H groups in total. The number of fused-ring (bicyclic) bond motifs is 2. The summed E-state index contributed by atoms with van der Waals surface area (Å²) >= 11 is 0. The third kappa shape index (κ3) is 4.77. The number of hydrogen-bond donors (Lipinski definition) is 2. The fourth-order valence-electron chi connectivity index (χ4n) is 4.83. The van der Waals surface area contributed by atoms with E-state index in [1.165, 1.54) is 16.0 Å². The Bertz CT molecular complexity index is 1530. The van der Waals surface area contributed by atoms with Gasteiger partial charge in [0, 0.05) is 24.2 Å². The minimum Gasteiger partial charge on any atom is -0.443 e. The molecule has 8 nitrogen and oxygen atoms in total. The Morgan fingerprint density at radius 1 is 0.895 bits per heavy atom. The summed E-state index contributed by atoms with van der Waals surface area (Å²) in [4.78, 5) is 28.3. The van der Waals surface area contributed by atoms with E-state index in [9.17, 15) is 4.79 Å². The van der Waals surface area contributed by atoms with Gasteiger partial charge >= 0.3 is 6.09 Å². The number of benzene rings is 3. The van der Waals surface area contributed by atoms with Crippen LogP contribution in [0.1, 0.15) is 43.0 Å². The van der Waals surface area contributed by atoms with Crippen molar-refractivity contribution < 1.29 is 9.53 Å². The minimum absolute atomic E-state index is 0.400. The van der Waals surface area contributed by atoms with Gasteiger partial charge in [0.05, 0.1) is 35.9 Å². The average molecular weight is 507 g/mol. The number of hydrogen-bond acceptors (Lipinski definition) is 7. The number of nitrogens with zero attached hydrogens (tertiary/aromatic N) is 4. The maximum absolute atomic E-state index is 12.6. The third-order valence-corrected chi connectivity index (χ3v) is 6.68. The van der Waals surface area contributed by atoms with Crippen molar-refractivity contribution in [3.05, 3.63) is 82.9 Å². The van der Waals surface area contributed by atoms with Gasteiger partial charge in [0.1, 0.15) is 5.60 Å². The second-order valence-electron chi connectivity index (χ2n) is 10.7. The first-order valence-corrected chi connectivity index (χ1v) is 12.8. The van der Waals surface area contributed by atoms with Crippen LogP contribution < -0.4 is 11.1 Å². The minimum atomic E-state index is -0.564. The van der Waals surface area contributed by atoms with Gasteiger partial charge in [-0.2, -0.15) is 0 Å². The molecule has 0 saturated heterocycles. The van der Waals surface area contributed by atoms with E-state index in [0.29, 0.717) is 19.0 Å². The van der Waals surface area contributed by atoms with E-state index in [4.69, 9.17) is 20.5 Å². The number of aliphatic imine (C=N–C) groups is 3. The van der Waals surface area contributed by atoms with Crippen LogP contribution in [0.5, 0.6) is 0 Å². The summed E-state index contributed by atoms with van der Waals surface area (Å²) in [5.74, 6) is 0.497. The second kappa shape index (κ2) is 9.13. The molecule has 0 radical (unpaired) electrons. The summed E-state index contributed by atoms with van der Waals surface area (Å²) in [6, 6.07) is 20.4. The Kier molecular flexibility index (Phi) is 5.75. The van der Waals surface area contributed by atoms with Crippen molar-refractivity contribution in [3.8, 4) is 0 Å². The van der Waals surface area contributed by atoms with Gasteiger partial charge in [-0.05, 0) is 67.3 Å². The first kappa shape index (κ1) is 23.9. The van der Waals surface area contributed by atoms with Gasteiger partial charge in [-0.25, -0.2) is 9.69 Å². The number of nitrogens with one attached hydrogen (secondary N) is 1. The zero-order valence-corrected chi connectivity index (χ0v) is 21.8. The van der Waals surface area contributed by atoms with E-state index in [-0.39, 0.29) is 0 Å². The van der Waals surface area contributed by atoms with Crippen molar-refractivity contribution in [2.75, 3.05) is 24.1 Å². The van der Waals surface area contributed by atoms with Crippen LogP contribution in [0.25, 0.3) is 0 Å². The molecule has 3 heterocycles. The Hall–Kier alpha value is -4.46. The lowest BCUT2D eigenvalue weighted by molar-refractivity contribution is 0.0384. The standard InChI is InChI=1S/C30H30N6O2/c1-30(2,3)38-29(37)36-13-12-32-28(36)33-23-11-9-21-15-25(35-27(21)17-23)19-6-4-18(5-7-19)24-14-20-8-10-22(31)16-26(20)34-24/h4-11,16-17H,12-15,31H2,1-3H3,(H,32,33). The largest absolute Gasteiger partial charge is 0.443 e. The molecule has 6 rings (SSSR count). The lowest BCUT2D eigenvalue weighted by Crippen LogP contribution is -2.41. The molecule has 0 bridgehead atoms. The fraction of sp³-hybridized carbons (Fsp3) is 0.267. The lowest BCUT2D eigenvalue weighted by atomic mass is 9.99. The van der Waals surface area contributed by atoms with Gasteiger partial charge in [0.15, 0.2) is 0 Å². The highest BCUT2D eigenvalue weighted by Gasteiger charge is 2.29. The van der Waals surface area contributed by atoms with Crippen molar-refractivity contribution in [1.29, 1.82) is 0 Å². The molecule has 1 amide bonds. The summed E-state index contributed by atoms with van der Waals surface area (Å²) < 4.78 is 5.52.